The summed E-state index contributed by atoms with van der Waals surface area (Å²) in [7, 11) is 0. The highest BCUT2D eigenvalue weighted by Crippen LogP contribution is 2.29. The van der Waals surface area contributed by atoms with Gasteiger partial charge in [0.05, 0.1) is 33.0 Å². The number of aliphatic hydroxyl groups excluding tert-OH is 1. The van der Waals surface area contributed by atoms with Gasteiger partial charge in [0.2, 0.25) is 0 Å². The Balaban J connectivity index is 1.77. The van der Waals surface area contributed by atoms with E-state index in [0.717, 1.165) is 11.1 Å². The molecule has 1 N–H and O–H groups in total. The molecule has 0 bridgehead atoms. The molecule has 0 radical (unpaired) electrons. The molecule has 0 saturated carbocycles. The zero-order valence-corrected chi connectivity index (χ0v) is 18.3. The van der Waals surface area contributed by atoms with Crippen molar-refractivity contribution in [3.63, 3.8) is 0 Å². The van der Waals surface area contributed by atoms with Crippen molar-refractivity contribution >= 4 is 0 Å². The van der Waals surface area contributed by atoms with Crippen LogP contribution in [0.3, 0.4) is 0 Å². The highest BCUT2D eigenvalue weighted by Gasteiger charge is 2.47. The molecule has 3 rings (SSSR count). The molecule has 172 valence electrons. The second-order valence-corrected chi connectivity index (χ2v) is 7.50. The van der Waals surface area contributed by atoms with Gasteiger partial charge in [0, 0.05) is 0 Å². The van der Waals surface area contributed by atoms with Gasteiger partial charge in [-0.05, 0) is 11.1 Å². The molecule has 2 aromatic carbocycles. The predicted octanol–water partition coefficient (Wildman–Crippen LogP) is 3.65. The summed E-state index contributed by atoms with van der Waals surface area (Å²) in [6.45, 7) is 8.97. The number of rotatable bonds is 13. The van der Waals surface area contributed by atoms with Gasteiger partial charge in [-0.1, -0.05) is 72.8 Å². The lowest BCUT2D eigenvalue weighted by atomic mass is 9.98. The van der Waals surface area contributed by atoms with Gasteiger partial charge in [0.1, 0.15) is 24.4 Å². The van der Waals surface area contributed by atoms with Crippen LogP contribution in [-0.2, 0) is 36.9 Å². The van der Waals surface area contributed by atoms with E-state index in [9.17, 15) is 5.11 Å². The molecule has 0 aliphatic carbocycles. The number of ether oxygens (including phenoxy) is 5. The van der Waals surface area contributed by atoms with E-state index in [1.165, 1.54) is 0 Å². The minimum atomic E-state index is -1.19. The zero-order valence-electron chi connectivity index (χ0n) is 18.3. The number of benzene rings is 2. The maximum atomic E-state index is 10.8. The van der Waals surface area contributed by atoms with Crippen molar-refractivity contribution in [1.82, 2.24) is 0 Å². The largest absolute Gasteiger partial charge is 0.375 e. The molecule has 1 aliphatic heterocycles. The summed E-state index contributed by atoms with van der Waals surface area (Å²) in [6.07, 6.45) is -0.260. The Kier molecular flexibility index (Phi) is 10.1. The van der Waals surface area contributed by atoms with E-state index in [1.54, 1.807) is 12.2 Å². The lowest BCUT2D eigenvalue weighted by Crippen LogP contribution is -2.61. The monoisotopic (exact) mass is 440 g/mol. The number of aliphatic hydroxyl groups is 1. The second kappa shape index (κ2) is 13.3. The molecule has 6 nitrogen and oxygen atoms in total. The quantitative estimate of drug-likeness (QED) is 0.379. The predicted molar refractivity (Wildman–Crippen MR) is 122 cm³/mol. The Labute approximate surface area is 190 Å². The summed E-state index contributed by atoms with van der Waals surface area (Å²) in [6, 6.07) is 19.6. The maximum Gasteiger partial charge on any atom is 0.184 e. The standard InChI is InChI=1S/C26H32O6/c1-3-15-28-19-22-23(30-17-20-11-7-5-8-12-20)24(29-16-4-2)25(26(27)32-22)31-18-21-13-9-6-10-14-21/h3-14,22-27H,1-2,15-19H2/t22-,23+,24+,25-,26-/m1/s1. The van der Waals surface area contributed by atoms with Gasteiger partial charge in [-0.25, -0.2) is 0 Å². The summed E-state index contributed by atoms with van der Waals surface area (Å²) in [4.78, 5) is 0. The van der Waals surface area contributed by atoms with Crippen LogP contribution in [0.25, 0.3) is 0 Å². The van der Waals surface area contributed by atoms with Crippen molar-refractivity contribution in [2.24, 2.45) is 0 Å². The molecule has 6 heteroatoms. The van der Waals surface area contributed by atoms with Gasteiger partial charge in [0.25, 0.3) is 0 Å². The van der Waals surface area contributed by atoms with E-state index in [4.69, 9.17) is 23.7 Å². The van der Waals surface area contributed by atoms with Gasteiger partial charge in [-0.2, -0.15) is 0 Å². The van der Waals surface area contributed by atoms with Crippen molar-refractivity contribution < 1.29 is 28.8 Å². The SMILES string of the molecule is C=CCOC[C@H]1O[C@@H](O)[C@H](OCc2ccccc2)[C@@H](OCC=C)[C@H]1OCc1ccccc1. The molecule has 2 aromatic rings. The Morgan fingerprint density at radius 2 is 1.31 bits per heavy atom. The van der Waals surface area contributed by atoms with Crippen LogP contribution in [0.5, 0.6) is 0 Å². The molecule has 1 saturated heterocycles. The van der Waals surface area contributed by atoms with Crippen LogP contribution in [-0.4, -0.2) is 55.6 Å². The van der Waals surface area contributed by atoms with Crippen molar-refractivity contribution in [2.75, 3.05) is 19.8 Å². The van der Waals surface area contributed by atoms with Gasteiger partial charge in [-0.15, -0.1) is 13.2 Å². The first-order chi connectivity index (χ1) is 15.7. The highest BCUT2D eigenvalue weighted by atomic mass is 16.7. The molecule has 0 aromatic heterocycles. The molecular weight excluding hydrogens is 408 g/mol. The fraction of sp³-hybridized carbons (Fsp3) is 0.385. The zero-order chi connectivity index (χ0) is 22.6. The molecular formula is C26H32O6. The van der Waals surface area contributed by atoms with Crippen LogP contribution in [0.1, 0.15) is 11.1 Å². The topological polar surface area (TPSA) is 66.4 Å². The molecule has 1 fully saturated rings. The van der Waals surface area contributed by atoms with Gasteiger partial charge < -0.3 is 28.8 Å². The molecule has 0 unspecified atom stereocenters. The van der Waals surface area contributed by atoms with Crippen molar-refractivity contribution in [1.29, 1.82) is 0 Å². The first kappa shape index (κ1) is 24.3. The van der Waals surface area contributed by atoms with Crippen molar-refractivity contribution in [3.05, 3.63) is 97.1 Å². The third-order valence-electron chi connectivity index (χ3n) is 5.10. The minimum Gasteiger partial charge on any atom is -0.375 e. The Morgan fingerprint density at radius 1 is 0.750 bits per heavy atom. The Morgan fingerprint density at radius 3 is 1.88 bits per heavy atom. The first-order valence-electron chi connectivity index (χ1n) is 10.8. The van der Waals surface area contributed by atoms with Crippen LogP contribution in [0.4, 0.5) is 0 Å². The lowest BCUT2D eigenvalue weighted by Gasteiger charge is -2.44. The van der Waals surface area contributed by atoms with E-state index in [1.807, 2.05) is 60.7 Å². The smallest absolute Gasteiger partial charge is 0.184 e. The van der Waals surface area contributed by atoms with E-state index in [0.29, 0.717) is 19.8 Å². The first-order valence-corrected chi connectivity index (χ1v) is 10.8. The van der Waals surface area contributed by atoms with Crippen LogP contribution in [0.2, 0.25) is 0 Å². The average molecular weight is 441 g/mol. The summed E-state index contributed by atoms with van der Waals surface area (Å²) in [5.74, 6) is 0. The third kappa shape index (κ3) is 7.10. The third-order valence-corrected chi connectivity index (χ3v) is 5.10. The summed E-state index contributed by atoms with van der Waals surface area (Å²) >= 11 is 0. The number of hydrogen-bond acceptors (Lipinski definition) is 6. The van der Waals surface area contributed by atoms with Gasteiger partial charge in [0.15, 0.2) is 6.29 Å². The lowest BCUT2D eigenvalue weighted by molar-refractivity contribution is -0.313. The minimum absolute atomic E-state index is 0.224. The van der Waals surface area contributed by atoms with E-state index >= 15 is 0 Å². The van der Waals surface area contributed by atoms with Crippen molar-refractivity contribution in [2.45, 2.75) is 43.9 Å². The van der Waals surface area contributed by atoms with E-state index < -0.39 is 30.7 Å². The Bertz CT molecular complexity index is 796. The number of hydrogen-bond donors (Lipinski definition) is 1. The van der Waals surface area contributed by atoms with E-state index in [2.05, 4.69) is 13.2 Å². The average Bonchev–Trinajstić information content (AvgIpc) is 2.83. The molecule has 0 spiro atoms. The molecule has 1 aliphatic rings. The second-order valence-electron chi connectivity index (χ2n) is 7.50. The molecule has 32 heavy (non-hydrogen) atoms. The van der Waals surface area contributed by atoms with Crippen LogP contribution >= 0.6 is 0 Å². The Hall–Kier alpha value is -2.32. The van der Waals surface area contributed by atoms with Crippen LogP contribution in [0, 0.1) is 0 Å². The normalized spacial score (nSPS) is 25.3. The van der Waals surface area contributed by atoms with Gasteiger partial charge in [-0.3, -0.25) is 0 Å². The van der Waals surface area contributed by atoms with Crippen molar-refractivity contribution in [3.8, 4) is 0 Å². The fourth-order valence-corrected chi connectivity index (χ4v) is 3.58. The summed E-state index contributed by atoms with van der Waals surface area (Å²) in [5.41, 5.74) is 2.01. The van der Waals surface area contributed by atoms with E-state index in [-0.39, 0.29) is 13.2 Å². The molecule has 0 amide bonds. The highest BCUT2D eigenvalue weighted by molar-refractivity contribution is 5.14. The van der Waals surface area contributed by atoms with Crippen LogP contribution in [0.15, 0.2) is 86.0 Å². The molecule has 1 heterocycles. The van der Waals surface area contributed by atoms with Crippen LogP contribution < -0.4 is 0 Å². The molecule has 5 atom stereocenters. The maximum absolute atomic E-state index is 10.8. The fourth-order valence-electron chi connectivity index (χ4n) is 3.58. The van der Waals surface area contributed by atoms with Gasteiger partial charge >= 0.3 is 0 Å². The summed E-state index contributed by atoms with van der Waals surface area (Å²) in [5, 5.41) is 10.8. The summed E-state index contributed by atoms with van der Waals surface area (Å²) < 4.78 is 29.9.